The summed E-state index contributed by atoms with van der Waals surface area (Å²) in [6, 6.07) is 22.7. The molecule has 28 heavy (non-hydrogen) atoms. The van der Waals surface area contributed by atoms with Gasteiger partial charge in [-0.15, -0.1) is 11.8 Å². The quantitative estimate of drug-likeness (QED) is 0.546. The van der Waals surface area contributed by atoms with E-state index in [4.69, 9.17) is 0 Å². The van der Waals surface area contributed by atoms with Crippen LogP contribution in [0.1, 0.15) is 11.1 Å². The Morgan fingerprint density at radius 1 is 0.821 bits per heavy atom. The summed E-state index contributed by atoms with van der Waals surface area (Å²) in [7, 11) is -4.01. The molecule has 1 amide bonds. The van der Waals surface area contributed by atoms with Gasteiger partial charge in [-0.05, 0) is 50.2 Å². The molecule has 3 aromatic carbocycles. The van der Waals surface area contributed by atoms with E-state index in [1.165, 1.54) is 23.9 Å². The summed E-state index contributed by atoms with van der Waals surface area (Å²) in [6.45, 7) is 3.90. The third kappa shape index (κ3) is 4.64. The van der Waals surface area contributed by atoms with Crippen LogP contribution in [-0.4, -0.2) is 20.1 Å². The van der Waals surface area contributed by atoms with Gasteiger partial charge >= 0.3 is 0 Å². The standard InChI is InChI=1S/C22H21NO3S2/c1-17-8-12-19(13-9-17)23(28(25,26)21-6-4-3-5-7-21)22(24)16-27-20-14-10-18(2)11-15-20/h3-15H,16H2,1-2H3. The van der Waals surface area contributed by atoms with E-state index < -0.39 is 15.9 Å². The van der Waals surface area contributed by atoms with Crippen molar-refractivity contribution in [1.82, 2.24) is 0 Å². The number of rotatable bonds is 6. The Kier molecular flexibility index (Phi) is 6.21. The molecule has 6 heteroatoms. The number of amides is 1. The van der Waals surface area contributed by atoms with Crippen LogP contribution in [0, 0.1) is 13.8 Å². The van der Waals surface area contributed by atoms with Crippen LogP contribution >= 0.6 is 11.8 Å². The normalized spacial score (nSPS) is 11.2. The van der Waals surface area contributed by atoms with Crippen molar-refractivity contribution in [2.45, 2.75) is 23.6 Å². The zero-order valence-electron chi connectivity index (χ0n) is 15.7. The van der Waals surface area contributed by atoms with Gasteiger partial charge in [-0.25, -0.2) is 12.7 Å². The molecule has 4 nitrogen and oxygen atoms in total. The molecule has 0 aliphatic carbocycles. The highest BCUT2D eigenvalue weighted by molar-refractivity contribution is 8.00. The first-order valence-corrected chi connectivity index (χ1v) is 11.2. The topological polar surface area (TPSA) is 54.5 Å². The minimum Gasteiger partial charge on any atom is -0.272 e. The fraction of sp³-hybridized carbons (Fsp3) is 0.136. The van der Waals surface area contributed by atoms with Crippen LogP contribution in [0.15, 0.2) is 88.7 Å². The number of nitrogens with zero attached hydrogens (tertiary/aromatic N) is 1. The highest BCUT2D eigenvalue weighted by Gasteiger charge is 2.30. The van der Waals surface area contributed by atoms with Crippen LogP contribution in [0.25, 0.3) is 0 Å². The summed E-state index contributed by atoms with van der Waals surface area (Å²) in [5.41, 5.74) is 2.45. The van der Waals surface area contributed by atoms with Crippen LogP contribution in [0.3, 0.4) is 0 Å². The van der Waals surface area contributed by atoms with Crippen LogP contribution in [0.4, 0.5) is 5.69 Å². The SMILES string of the molecule is Cc1ccc(SCC(=O)N(c2ccc(C)cc2)S(=O)(=O)c2ccccc2)cc1. The number of carbonyl (C=O) groups excluding carboxylic acids is 1. The summed E-state index contributed by atoms with van der Waals surface area (Å²) in [5, 5.41) is 0. The monoisotopic (exact) mass is 411 g/mol. The first kappa shape index (κ1) is 20.2. The molecule has 0 aliphatic rings. The van der Waals surface area contributed by atoms with E-state index in [0.29, 0.717) is 5.69 Å². The lowest BCUT2D eigenvalue weighted by Crippen LogP contribution is -2.38. The van der Waals surface area contributed by atoms with Gasteiger partial charge in [0, 0.05) is 4.90 Å². The first-order chi connectivity index (χ1) is 13.4. The van der Waals surface area contributed by atoms with Crippen molar-refractivity contribution >= 4 is 33.4 Å². The van der Waals surface area contributed by atoms with Gasteiger partial charge in [-0.1, -0.05) is 53.6 Å². The molecule has 0 atom stereocenters. The van der Waals surface area contributed by atoms with Gasteiger partial charge in [0.1, 0.15) is 0 Å². The number of hydrogen-bond acceptors (Lipinski definition) is 4. The minimum atomic E-state index is -4.01. The highest BCUT2D eigenvalue weighted by atomic mass is 32.2. The summed E-state index contributed by atoms with van der Waals surface area (Å²) in [6.07, 6.45) is 0. The predicted octanol–water partition coefficient (Wildman–Crippen LogP) is 4.82. The molecule has 0 spiro atoms. The van der Waals surface area contributed by atoms with Gasteiger partial charge in [0.15, 0.2) is 0 Å². The molecule has 0 fully saturated rings. The molecule has 0 bridgehead atoms. The van der Waals surface area contributed by atoms with Gasteiger partial charge in [0.25, 0.3) is 15.9 Å². The Labute approximate surface area is 170 Å². The summed E-state index contributed by atoms with van der Waals surface area (Å²) < 4.78 is 27.3. The molecule has 3 rings (SSSR count). The van der Waals surface area contributed by atoms with Gasteiger partial charge < -0.3 is 0 Å². The van der Waals surface area contributed by atoms with Gasteiger partial charge in [0.2, 0.25) is 0 Å². The number of sulfonamides is 1. The van der Waals surface area contributed by atoms with Gasteiger partial charge in [0.05, 0.1) is 16.3 Å². The Morgan fingerprint density at radius 3 is 1.93 bits per heavy atom. The number of hydrogen-bond donors (Lipinski definition) is 0. The molecule has 0 radical (unpaired) electrons. The van der Waals surface area contributed by atoms with Crippen LogP contribution in [0.2, 0.25) is 0 Å². The van der Waals surface area contributed by atoms with E-state index in [0.717, 1.165) is 20.3 Å². The third-order valence-electron chi connectivity index (χ3n) is 4.16. The van der Waals surface area contributed by atoms with E-state index in [9.17, 15) is 13.2 Å². The second-order valence-corrected chi connectivity index (χ2v) is 9.25. The average Bonchev–Trinajstić information content (AvgIpc) is 2.70. The number of thioether (sulfide) groups is 1. The first-order valence-electron chi connectivity index (χ1n) is 8.77. The average molecular weight is 412 g/mol. The maximum absolute atomic E-state index is 13.2. The van der Waals surface area contributed by atoms with Crippen molar-refractivity contribution in [3.8, 4) is 0 Å². The maximum Gasteiger partial charge on any atom is 0.270 e. The van der Waals surface area contributed by atoms with Gasteiger partial charge in [-0.3, -0.25) is 4.79 Å². The van der Waals surface area contributed by atoms with Crippen LogP contribution in [0.5, 0.6) is 0 Å². The third-order valence-corrected chi connectivity index (χ3v) is 6.92. The van der Waals surface area contributed by atoms with E-state index in [1.807, 2.05) is 38.1 Å². The molecule has 144 valence electrons. The fourth-order valence-corrected chi connectivity index (χ4v) is 4.91. The predicted molar refractivity (Wildman–Crippen MR) is 114 cm³/mol. The number of aryl methyl sites for hydroxylation is 2. The summed E-state index contributed by atoms with van der Waals surface area (Å²) in [5.74, 6) is -0.471. The number of carbonyl (C=O) groups is 1. The second-order valence-electron chi connectivity index (χ2n) is 6.41. The van der Waals surface area contributed by atoms with E-state index in [2.05, 4.69) is 0 Å². The Balaban J connectivity index is 1.92. The van der Waals surface area contributed by atoms with E-state index in [1.54, 1.807) is 42.5 Å². The Morgan fingerprint density at radius 2 is 1.36 bits per heavy atom. The van der Waals surface area contributed by atoms with Crippen LogP contribution in [-0.2, 0) is 14.8 Å². The van der Waals surface area contributed by atoms with Crippen molar-refractivity contribution in [3.63, 3.8) is 0 Å². The van der Waals surface area contributed by atoms with Crippen molar-refractivity contribution in [2.24, 2.45) is 0 Å². The Bertz CT molecular complexity index is 1050. The van der Waals surface area contributed by atoms with E-state index >= 15 is 0 Å². The number of anilines is 1. The highest BCUT2D eigenvalue weighted by Crippen LogP contribution is 2.27. The molecule has 0 unspecified atom stereocenters. The fourth-order valence-electron chi connectivity index (χ4n) is 2.63. The molecule has 3 aromatic rings. The van der Waals surface area contributed by atoms with Gasteiger partial charge in [-0.2, -0.15) is 0 Å². The lowest BCUT2D eigenvalue weighted by Gasteiger charge is -2.23. The smallest absolute Gasteiger partial charge is 0.270 e. The summed E-state index contributed by atoms with van der Waals surface area (Å²) >= 11 is 1.32. The largest absolute Gasteiger partial charge is 0.272 e. The van der Waals surface area contributed by atoms with Crippen molar-refractivity contribution in [1.29, 1.82) is 0 Å². The molecule has 0 aliphatic heterocycles. The Hall–Kier alpha value is -2.57. The second kappa shape index (κ2) is 8.63. The maximum atomic E-state index is 13.2. The lowest BCUT2D eigenvalue weighted by molar-refractivity contribution is -0.115. The lowest BCUT2D eigenvalue weighted by atomic mass is 10.2. The zero-order chi connectivity index (χ0) is 20.1. The van der Waals surface area contributed by atoms with Crippen LogP contribution < -0.4 is 4.31 Å². The molecule has 0 heterocycles. The van der Waals surface area contributed by atoms with E-state index in [-0.39, 0.29) is 10.6 Å². The zero-order valence-corrected chi connectivity index (χ0v) is 17.3. The molecule has 0 N–H and O–H groups in total. The summed E-state index contributed by atoms with van der Waals surface area (Å²) in [4.78, 5) is 14.0. The van der Waals surface area contributed by atoms with Crippen molar-refractivity contribution < 1.29 is 13.2 Å². The molecular weight excluding hydrogens is 390 g/mol. The molecule has 0 saturated carbocycles. The molecular formula is C22H21NO3S2. The number of benzene rings is 3. The van der Waals surface area contributed by atoms with Crippen molar-refractivity contribution in [2.75, 3.05) is 10.1 Å². The van der Waals surface area contributed by atoms with Crippen molar-refractivity contribution in [3.05, 3.63) is 90.0 Å². The molecule has 0 aromatic heterocycles. The minimum absolute atomic E-state index is 0.0169. The molecule has 0 saturated heterocycles.